The van der Waals surface area contributed by atoms with Crippen molar-refractivity contribution in [2.24, 2.45) is 0 Å². The number of rotatable bonds is 34. The van der Waals surface area contributed by atoms with Gasteiger partial charge < -0.3 is 14.6 Å². The summed E-state index contributed by atoms with van der Waals surface area (Å²) in [6.45, 7) is 4.02. The van der Waals surface area contributed by atoms with E-state index >= 15 is 0 Å². The molecule has 0 fully saturated rings. The third-order valence-electron chi connectivity index (χ3n) is 7.97. The zero-order valence-electron chi connectivity index (χ0n) is 31.0. The van der Waals surface area contributed by atoms with Gasteiger partial charge in [0, 0.05) is 12.8 Å². The minimum Gasteiger partial charge on any atom is -0.462 e. The van der Waals surface area contributed by atoms with Crippen molar-refractivity contribution < 1.29 is 24.2 Å². The van der Waals surface area contributed by atoms with Crippen molar-refractivity contribution in [3.05, 3.63) is 72.9 Å². The Labute approximate surface area is 295 Å². The zero-order valence-corrected chi connectivity index (χ0v) is 31.0. The van der Waals surface area contributed by atoms with Gasteiger partial charge in [-0.1, -0.05) is 145 Å². The van der Waals surface area contributed by atoms with Gasteiger partial charge >= 0.3 is 11.9 Å². The maximum absolute atomic E-state index is 12.1. The number of ether oxygens (including phenoxy) is 2. The highest BCUT2D eigenvalue weighted by Gasteiger charge is 2.15. The lowest BCUT2D eigenvalue weighted by Crippen LogP contribution is -2.28. The van der Waals surface area contributed by atoms with Crippen LogP contribution in [0.5, 0.6) is 0 Å². The van der Waals surface area contributed by atoms with Gasteiger partial charge in [-0.25, -0.2) is 0 Å². The summed E-state index contributed by atoms with van der Waals surface area (Å²) in [6.07, 6.45) is 51.0. The van der Waals surface area contributed by atoms with E-state index in [1.807, 2.05) is 0 Å². The first-order chi connectivity index (χ1) is 23.6. The van der Waals surface area contributed by atoms with Crippen molar-refractivity contribution in [3.63, 3.8) is 0 Å². The van der Waals surface area contributed by atoms with E-state index in [9.17, 15) is 14.7 Å². The lowest BCUT2D eigenvalue weighted by atomic mass is 10.1. The molecule has 0 saturated carbocycles. The number of hydrogen-bond acceptors (Lipinski definition) is 5. The van der Waals surface area contributed by atoms with E-state index in [0.717, 1.165) is 64.2 Å². The second kappa shape index (κ2) is 38.8. The Bertz CT molecular complexity index is 895. The molecule has 0 saturated heterocycles. The molecule has 0 aromatic rings. The van der Waals surface area contributed by atoms with E-state index < -0.39 is 6.10 Å². The molecule has 0 aromatic carbocycles. The summed E-state index contributed by atoms with van der Waals surface area (Å²) >= 11 is 0. The second-order valence-electron chi connectivity index (χ2n) is 12.6. The number of esters is 2. The molecule has 0 rings (SSSR count). The largest absolute Gasteiger partial charge is 0.462 e. The summed E-state index contributed by atoms with van der Waals surface area (Å²) in [5, 5.41) is 9.54. The monoisotopic (exact) mass is 669 g/mol. The van der Waals surface area contributed by atoms with Crippen LogP contribution in [0.4, 0.5) is 0 Å². The van der Waals surface area contributed by atoms with E-state index in [4.69, 9.17) is 9.47 Å². The SMILES string of the molecule is CCCCCC=CCC=CCC=CCCCCCCC(=O)OCC(CO)OC(=O)CCCC=CCC=CCC=CCCCCCCCC. The smallest absolute Gasteiger partial charge is 0.306 e. The molecule has 1 atom stereocenters. The lowest BCUT2D eigenvalue weighted by Gasteiger charge is -2.15. The molecule has 0 aliphatic heterocycles. The van der Waals surface area contributed by atoms with Crippen LogP contribution in [0.2, 0.25) is 0 Å². The first-order valence-electron chi connectivity index (χ1n) is 19.5. The predicted octanol–water partition coefficient (Wildman–Crippen LogP) is 12.2. The fraction of sp³-hybridized carbons (Fsp3) is 0.674. The van der Waals surface area contributed by atoms with E-state index in [1.165, 1.54) is 70.6 Å². The highest BCUT2D eigenvalue weighted by atomic mass is 16.6. The van der Waals surface area contributed by atoms with E-state index in [2.05, 4.69) is 86.8 Å². The standard InChI is InChI=1S/C43H72O5/c1-3-5-7-9-11-13-15-17-19-21-23-25-27-29-31-33-35-37-42(45)47-40-41(39-44)48-43(46)38-36-34-32-30-28-26-24-22-20-18-16-14-12-10-8-6-4-2/h11,13,17-20,23-26,30,32,41,44H,3-10,12,14-16,21-22,27-29,31,33-40H2,1-2H3. The molecule has 0 bridgehead atoms. The van der Waals surface area contributed by atoms with Crippen molar-refractivity contribution >= 4 is 11.9 Å². The number of hydrogen-bond donors (Lipinski definition) is 1. The number of unbranched alkanes of at least 4 members (excludes halogenated alkanes) is 14. The Morgan fingerprint density at radius 2 is 0.854 bits per heavy atom. The Kier molecular flexibility index (Phi) is 36.6. The third-order valence-corrected chi connectivity index (χ3v) is 7.97. The quantitative estimate of drug-likeness (QED) is 0.0420. The first-order valence-corrected chi connectivity index (χ1v) is 19.5. The van der Waals surface area contributed by atoms with E-state index in [1.54, 1.807) is 0 Å². The molecular weight excluding hydrogens is 596 g/mol. The summed E-state index contributed by atoms with van der Waals surface area (Å²) in [7, 11) is 0. The normalized spacial score (nSPS) is 13.0. The first kappa shape index (κ1) is 45.3. The average Bonchev–Trinajstić information content (AvgIpc) is 3.09. The number of aliphatic hydroxyl groups excluding tert-OH is 1. The minimum absolute atomic E-state index is 0.101. The van der Waals surface area contributed by atoms with Crippen LogP contribution in [0.1, 0.15) is 168 Å². The van der Waals surface area contributed by atoms with E-state index in [-0.39, 0.29) is 31.6 Å². The second-order valence-corrected chi connectivity index (χ2v) is 12.6. The summed E-state index contributed by atoms with van der Waals surface area (Å²) in [5.74, 6) is -0.683. The molecule has 274 valence electrons. The number of carbonyl (C=O) groups excluding carboxylic acids is 2. The van der Waals surface area contributed by atoms with Gasteiger partial charge in [-0.2, -0.15) is 0 Å². The van der Waals surface area contributed by atoms with Gasteiger partial charge in [-0.3, -0.25) is 9.59 Å². The van der Waals surface area contributed by atoms with Gasteiger partial charge in [0.25, 0.3) is 0 Å². The van der Waals surface area contributed by atoms with Crippen molar-refractivity contribution in [2.45, 2.75) is 174 Å². The van der Waals surface area contributed by atoms with Gasteiger partial charge in [0.05, 0.1) is 6.61 Å². The molecule has 0 aliphatic carbocycles. The summed E-state index contributed by atoms with van der Waals surface area (Å²) in [5.41, 5.74) is 0. The fourth-order valence-corrected chi connectivity index (χ4v) is 4.99. The molecule has 48 heavy (non-hydrogen) atoms. The van der Waals surface area contributed by atoms with Crippen molar-refractivity contribution in [3.8, 4) is 0 Å². The Morgan fingerprint density at radius 3 is 1.35 bits per heavy atom. The highest BCUT2D eigenvalue weighted by molar-refractivity contribution is 5.70. The average molecular weight is 669 g/mol. The van der Waals surface area contributed by atoms with E-state index in [0.29, 0.717) is 12.8 Å². The van der Waals surface area contributed by atoms with Gasteiger partial charge in [0.2, 0.25) is 0 Å². The van der Waals surface area contributed by atoms with Crippen LogP contribution < -0.4 is 0 Å². The Hall–Kier alpha value is -2.66. The molecule has 0 aliphatic rings. The number of aliphatic hydroxyl groups is 1. The Balaban J connectivity index is 3.72. The number of carbonyl (C=O) groups is 2. The molecule has 5 nitrogen and oxygen atoms in total. The van der Waals surface area contributed by atoms with Crippen LogP contribution >= 0.6 is 0 Å². The molecule has 1 N–H and O–H groups in total. The lowest BCUT2D eigenvalue weighted by molar-refractivity contribution is -0.161. The van der Waals surface area contributed by atoms with Gasteiger partial charge in [0.1, 0.15) is 6.61 Å². The van der Waals surface area contributed by atoms with Gasteiger partial charge in [-0.15, -0.1) is 0 Å². The molecule has 0 amide bonds. The highest BCUT2D eigenvalue weighted by Crippen LogP contribution is 2.10. The van der Waals surface area contributed by atoms with Crippen molar-refractivity contribution in [2.75, 3.05) is 13.2 Å². The van der Waals surface area contributed by atoms with Gasteiger partial charge in [-0.05, 0) is 83.5 Å². The Morgan fingerprint density at radius 1 is 0.479 bits per heavy atom. The van der Waals surface area contributed by atoms with Crippen LogP contribution in [0.25, 0.3) is 0 Å². The van der Waals surface area contributed by atoms with Crippen LogP contribution in [0.15, 0.2) is 72.9 Å². The van der Waals surface area contributed by atoms with Crippen LogP contribution in [0.3, 0.4) is 0 Å². The topological polar surface area (TPSA) is 72.8 Å². The molecule has 5 heteroatoms. The summed E-state index contributed by atoms with van der Waals surface area (Å²) < 4.78 is 10.5. The molecule has 0 spiro atoms. The van der Waals surface area contributed by atoms with Crippen LogP contribution in [-0.2, 0) is 19.1 Å². The van der Waals surface area contributed by atoms with Crippen LogP contribution in [0, 0.1) is 0 Å². The number of allylic oxidation sites excluding steroid dienone is 12. The molecule has 0 radical (unpaired) electrons. The zero-order chi connectivity index (χ0) is 35.0. The maximum atomic E-state index is 12.1. The summed E-state index contributed by atoms with van der Waals surface area (Å²) in [6, 6.07) is 0. The maximum Gasteiger partial charge on any atom is 0.306 e. The van der Waals surface area contributed by atoms with Gasteiger partial charge in [0.15, 0.2) is 6.10 Å². The third kappa shape index (κ3) is 36.2. The fourth-order valence-electron chi connectivity index (χ4n) is 4.99. The van der Waals surface area contributed by atoms with Crippen LogP contribution in [-0.4, -0.2) is 36.4 Å². The molecule has 0 aromatic heterocycles. The van der Waals surface area contributed by atoms with Crippen molar-refractivity contribution in [1.82, 2.24) is 0 Å². The molecule has 1 unspecified atom stereocenters. The predicted molar refractivity (Wildman–Crippen MR) is 205 cm³/mol. The summed E-state index contributed by atoms with van der Waals surface area (Å²) in [4.78, 5) is 24.2. The molecule has 0 heterocycles. The minimum atomic E-state index is -0.810. The molecular formula is C43H72O5. The van der Waals surface area contributed by atoms with Crippen molar-refractivity contribution in [1.29, 1.82) is 0 Å².